The van der Waals surface area contributed by atoms with E-state index in [2.05, 4.69) is 20.8 Å². The molecular formula is C21H31NO4S. The van der Waals surface area contributed by atoms with Crippen LogP contribution in [0.5, 0.6) is 0 Å². The highest BCUT2D eigenvalue weighted by molar-refractivity contribution is 7.14. The average molecular weight is 394 g/mol. The molecule has 1 aromatic heterocycles. The molecule has 1 N–H and O–H groups in total. The van der Waals surface area contributed by atoms with Crippen LogP contribution in [0.25, 0.3) is 0 Å². The largest absolute Gasteiger partial charge is 0.477 e. The van der Waals surface area contributed by atoms with Crippen LogP contribution in [0.15, 0.2) is 6.07 Å². The molecule has 1 saturated carbocycles. The highest BCUT2D eigenvalue weighted by Crippen LogP contribution is 2.42. The number of hydrogen-bond acceptors (Lipinski definition) is 4. The Kier molecular flexibility index (Phi) is 5.43. The highest BCUT2D eigenvalue weighted by Gasteiger charge is 2.47. The molecule has 150 valence electrons. The summed E-state index contributed by atoms with van der Waals surface area (Å²) >= 11 is 1.28. The smallest absolute Gasteiger partial charge is 0.348 e. The van der Waals surface area contributed by atoms with E-state index in [1.807, 2.05) is 6.07 Å². The van der Waals surface area contributed by atoms with Gasteiger partial charge in [-0.25, -0.2) is 4.79 Å². The molecular weight excluding hydrogens is 362 g/mol. The second kappa shape index (κ2) is 7.21. The van der Waals surface area contributed by atoms with Gasteiger partial charge in [-0.15, -0.1) is 11.3 Å². The number of rotatable bonds is 3. The maximum absolute atomic E-state index is 13.3. The zero-order valence-electron chi connectivity index (χ0n) is 17.0. The Hall–Kier alpha value is -1.40. The SMILES string of the molecule is CC1(C)OC[C@@H](C2CCCCC2)N(c2cc(C(C)(C)C)sc2C(=O)O)C1=O. The number of anilines is 1. The molecule has 2 heterocycles. The molecule has 3 rings (SSSR count). The molecule has 5 nitrogen and oxygen atoms in total. The molecule has 0 aromatic carbocycles. The summed E-state index contributed by atoms with van der Waals surface area (Å²) in [4.78, 5) is 28.4. The number of aromatic carboxylic acids is 1. The van der Waals surface area contributed by atoms with Crippen molar-refractivity contribution in [1.82, 2.24) is 0 Å². The first-order chi connectivity index (χ1) is 12.5. The van der Waals surface area contributed by atoms with Crippen LogP contribution in [0.1, 0.15) is 81.3 Å². The summed E-state index contributed by atoms with van der Waals surface area (Å²) < 4.78 is 5.93. The van der Waals surface area contributed by atoms with Gasteiger partial charge in [-0.3, -0.25) is 4.79 Å². The predicted molar refractivity (Wildman–Crippen MR) is 108 cm³/mol. The molecule has 1 saturated heterocycles. The van der Waals surface area contributed by atoms with Gasteiger partial charge in [0, 0.05) is 4.88 Å². The molecule has 1 amide bonds. The summed E-state index contributed by atoms with van der Waals surface area (Å²) in [5.41, 5.74) is -0.558. The lowest BCUT2D eigenvalue weighted by atomic mass is 9.82. The Morgan fingerprint density at radius 2 is 1.89 bits per heavy atom. The Morgan fingerprint density at radius 1 is 1.26 bits per heavy atom. The number of hydrogen-bond donors (Lipinski definition) is 1. The molecule has 2 aliphatic rings. The van der Waals surface area contributed by atoms with Gasteiger partial charge in [0.2, 0.25) is 0 Å². The van der Waals surface area contributed by atoms with Crippen LogP contribution in [-0.2, 0) is 14.9 Å². The Morgan fingerprint density at radius 3 is 2.44 bits per heavy atom. The molecule has 0 spiro atoms. The fourth-order valence-corrected chi connectivity index (χ4v) is 5.15. The minimum atomic E-state index is -0.968. The first-order valence-corrected chi connectivity index (χ1v) is 10.7. The first kappa shape index (κ1) is 20.3. The predicted octanol–water partition coefficient (Wildman–Crippen LogP) is 4.83. The zero-order valence-corrected chi connectivity index (χ0v) is 17.8. The first-order valence-electron chi connectivity index (χ1n) is 9.87. The molecule has 6 heteroatoms. The van der Waals surface area contributed by atoms with Crippen LogP contribution in [0.3, 0.4) is 0 Å². The van der Waals surface area contributed by atoms with E-state index in [1.54, 1.807) is 18.7 Å². The third-order valence-corrected chi connectivity index (χ3v) is 7.32. The molecule has 27 heavy (non-hydrogen) atoms. The summed E-state index contributed by atoms with van der Waals surface area (Å²) in [6, 6.07) is 1.83. The van der Waals surface area contributed by atoms with Crippen LogP contribution in [0.4, 0.5) is 5.69 Å². The maximum atomic E-state index is 13.3. The summed E-state index contributed by atoms with van der Waals surface area (Å²) in [6.45, 7) is 10.2. The molecule has 0 radical (unpaired) electrons. The number of amides is 1. The molecule has 2 fully saturated rings. The summed E-state index contributed by atoms with van der Waals surface area (Å²) in [7, 11) is 0. The fraction of sp³-hybridized carbons (Fsp3) is 0.714. The van der Waals surface area contributed by atoms with Gasteiger partial charge in [-0.1, -0.05) is 40.0 Å². The Bertz CT molecular complexity index is 725. The highest BCUT2D eigenvalue weighted by atomic mass is 32.1. The van der Waals surface area contributed by atoms with Gasteiger partial charge in [-0.2, -0.15) is 0 Å². The van der Waals surface area contributed by atoms with Crippen molar-refractivity contribution in [1.29, 1.82) is 0 Å². The average Bonchev–Trinajstić information content (AvgIpc) is 3.03. The van der Waals surface area contributed by atoms with Crippen LogP contribution in [0, 0.1) is 5.92 Å². The van der Waals surface area contributed by atoms with Gasteiger partial charge in [0.1, 0.15) is 10.5 Å². The van der Waals surface area contributed by atoms with E-state index in [9.17, 15) is 14.7 Å². The third kappa shape index (κ3) is 3.92. The van der Waals surface area contributed by atoms with Gasteiger partial charge in [0.05, 0.1) is 18.3 Å². The number of carbonyl (C=O) groups is 2. The number of carbonyl (C=O) groups excluding carboxylic acids is 1. The van der Waals surface area contributed by atoms with E-state index in [0.717, 1.165) is 30.6 Å². The van der Waals surface area contributed by atoms with Crippen LogP contribution < -0.4 is 4.90 Å². The van der Waals surface area contributed by atoms with E-state index in [1.165, 1.54) is 17.8 Å². The molecule has 0 bridgehead atoms. The van der Waals surface area contributed by atoms with Crippen molar-refractivity contribution in [3.05, 3.63) is 15.8 Å². The summed E-state index contributed by atoms with van der Waals surface area (Å²) in [5.74, 6) is -0.742. The van der Waals surface area contributed by atoms with Crippen molar-refractivity contribution in [3.63, 3.8) is 0 Å². The van der Waals surface area contributed by atoms with Gasteiger partial charge >= 0.3 is 5.97 Å². The van der Waals surface area contributed by atoms with Crippen molar-refractivity contribution >= 4 is 28.9 Å². The third-order valence-electron chi connectivity index (χ3n) is 5.78. The van der Waals surface area contributed by atoms with Crippen molar-refractivity contribution in [2.75, 3.05) is 11.5 Å². The number of carboxylic acid groups (broad SMARTS) is 1. The van der Waals surface area contributed by atoms with Crippen LogP contribution in [-0.4, -0.2) is 35.2 Å². The monoisotopic (exact) mass is 393 g/mol. The van der Waals surface area contributed by atoms with Crippen LogP contribution in [0.2, 0.25) is 0 Å². The second-order valence-electron chi connectivity index (χ2n) is 9.34. The topological polar surface area (TPSA) is 66.8 Å². The maximum Gasteiger partial charge on any atom is 0.348 e. The molecule has 0 unspecified atom stereocenters. The number of morpholine rings is 1. The summed E-state index contributed by atoms with van der Waals surface area (Å²) in [5, 5.41) is 9.83. The standard InChI is InChI=1S/C21H31NO4S/c1-20(2,3)16-11-14(17(27-16)18(23)24)22-15(13-9-7-6-8-10-13)12-26-21(4,5)19(22)25/h11,13,15H,6-10,12H2,1-5H3,(H,23,24)/t15-/m0/s1. The van der Waals surface area contributed by atoms with Gasteiger partial charge in [0.15, 0.2) is 0 Å². The molecule has 1 aliphatic heterocycles. The number of nitrogens with zero attached hydrogens (tertiary/aromatic N) is 1. The minimum Gasteiger partial charge on any atom is -0.477 e. The lowest BCUT2D eigenvalue weighted by Gasteiger charge is -2.46. The normalized spacial score (nSPS) is 24.3. The second-order valence-corrected chi connectivity index (χ2v) is 10.4. The van der Waals surface area contributed by atoms with Crippen LogP contribution >= 0.6 is 11.3 Å². The number of carboxylic acids is 1. The van der Waals surface area contributed by atoms with Gasteiger partial charge in [-0.05, 0) is 44.1 Å². The van der Waals surface area contributed by atoms with Crippen molar-refractivity contribution in [2.24, 2.45) is 5.92 Å². The number of ether oxygens (including phenoxy) is 1. The van der Waals surface area contributed by atoms with Crippen molar-refractivity contribution in [2.45, 2.75) is 83.8 Å². The zero-order chi connectivity index (χ0) is 20.0. The van der Waals surface area contributed by atoms with Gasteiger partial charge in [0.25, 0.3) is 5.91 Å². The molecule has 1 atom stereocenters. The van der Waals surface area contributed by atoms with Gasteiger partial charge < -0.3 is 14.7 Å². The molecule has 1 aliphatic carbocycles. The van der Waals surface area contributed by atoms with E-state index in [4.69, 9.17) is 4.74 Å². The fourth-order valence-electron chi connectivity index (χ4n) is 4.11. The molecule has 1 aromatic rings. The van der Waals surface area contributed by atoms with E-state index >= 15 is 0 Å². The van der Waals surface area contributed by atoms with E-state index in [0.29, 0.717) is 18.2 Å². The Balaban J connectivity index is 2.09. The lowest BCUT2D eigenvalue weighted by molar-refractivity contribution is -0.149. The van der Waals surface area contributed by atoms with E-state index < -0.39 is 11.6 Å². The number of thiophene rings is 1. The lowest BCUT2D eigenvalue weighted by Crippen LogP contribution is -2.61. The van der Waals surface area contributed by atoms with E-state index in [-0.39, 0.29) is 22.2 Å². The minimum absolute atomic E-state index is 0.0913. The van der Waals surface area contributed by atoms with Crippen molar-refractivity contribution < 1.29 is 19.4 Å². The quantitative estimate of drug-likeness (QED) is 0.798. The van der Waals surface area contributed by atoms with Crippen molar-refractivity contribution in [3.8, 4) is 0 Å². The Labute approximate surface area is 165 Å². The summed E-state index contributed by atoms with van der Waals surface area (Å²) in [6.07, 6.45) is 5.69.